The molecule has 1 atom stereocenters. The molecular formula is C18H13Cl2F6N3O2. The molecule has 168 valence electrons. The molecular weight excluding hydrogens is 475 g/mol. The third-order valence-electron chi connectivity index (χ3n) is 4.79. The van der Waals surface area contributed by atoms with E-state index in [2.05, 4.69) is 15.6 Å². The Kier molecular flexibility index (Phi) is 6.07. The van der Waals surface area contributed by atoms with Crippen molar-refractivity contribution in [2.24, 2.45) is 0 Å². The Morgan fingerprint density at radius 2 is 1.87 bits per heavy atom. The van der Waals surface area contributed by atoms with Crippen molar-refractivity contribution in [2.45, 2.75) is 37.3 Å². The number of fused-ring (bicyclic) bond motifs is 1. The summed E-state index contributed by atoms with van der Waals surface area (Å²) in [5.41, 5.74) is -4.54. The second kappa shape index (κ2) is 8.03. The molecule has 1 aromatic carbocycles. The van der Waals surface area contributed by atoms with Crippen LogP contribution in [0.15, 0.2) is 24.4 Å². The van der Waals surface area contributed by atoms with E-state index in [1.54, 1.807) is 0 Å². The number of nitrogens with one attached hydrogen (secondary N) is 2. The van der Waals surface area contributed by atoms with Gasteiger partial charge in [-0.1, -0.05) is 23.2 Å². The second-order valence-electron chi connectivity index (χ2n) is 6.78. The van der Waals surface area contributed by atoms with E-state index < -0.39 is 41.5 Å². The minimum atomic E-state index is -4.94. The van der Waals surface area contributed by atoms with E-state index in [0.29, 0.717) is 6.20 Å². The number of carbonyl (C=O) groups excluding carboxylic acids is 1. The first-order valence-electron chi connectivity index (χ1n) is 8.61. The summed E-state index contributed by atoms with van der Waals surface area (Å²) in [6.07, 6.45) is -9.70. The number of carbonyl (C=O) groups is 1. The minimum absolute atomic E-state index is 0.00518. The average Bonchev–Trinajstić information content (AvgIpc) is 3.01. The number of benzene rings is 1. The van der Waals surface area contributed by atoms with Gasteiger partial charge < -0.3 is 15.7 Å². The second-order valence-corrected chi connectivity index (χ2v) is 7.56. The van der Waals surface area contributed by atoms with Crippen LogP contribution in [0.1, 0.15) is 28.8 Å². The summed E-state index contributed by atoms with van der Waals surface area (Å²) in [5.74, 6) is 0. The van der Waals surface area contributed by atoms with Crippen LogP contribution in [0.2, 0.25) is 10.0 Å². The molecule has 2 aromatic rings. The molecule has 1 aliphatic rings. The molecule has 3 N–H and O–H groups in total. The standard InChI is InChI=1S/C18H13Cl2F6N3O2/c19-12-5-11-10(3-4-16(11,31)18(24,25)26)13(20)14(12)29-15(30)28-7-9-2-1-8(6-27-9)17(21,22)23/h1-2,5-6,31H,3-4,7H2,(H2,28,29,30). The SMILES string of the molecule is O=C(NCc1ccc(C(F)(F)F)cn1)Nc1c(Cl)cc2c(c1Cl)CCC2(O)C(F)(F)F. The molecule has 1 aromatic heterocycles. The predicted molar refractivity (Wildman–Crippen MR) is 99.8 cm³/mol. The number of hydrogen-bond acceptors (Lipinski definition) is 3. The summed E-state index contributed by atoms with van der Waals surface area (Å²) < 4.78 is 77.4. The largest absolute Gasteiger partial charge is 0.421 e. The molecule has 0 saturated carbocycles. The maximum absolute atomic E-state index is 13.3. The Labute approximate surface area is 181 Å². The Hall–Kier alpha value is -2.24. The van der Waals surface area contributed by atoms with E-state index in [9.17, 15) is 36.2 Å². The molecule has 0 radical (unpaired) electrons. The molecule has 2 amide bonds. The van der Waals surface area contributed by atoms with E-state index in [1.807, 2.05) is 0 Å². The van der Waals surface area contributed by atoms with Crippen LogP contribution in [0.5, 0.6) is 0 Å². The number of rotatable bonds is 3. The number of nitrogens with zero attached hydrogens (tertiary/aromatic N) is 1. The van der Waals surface area contributed by atoms with Crippen LogP contribution >= 0.6 is 23.2 Å². The summed E-state index contributed by atoms with van der Waals surface area (Å²) in [7, 11) is 0. The van der Waals surface area contributed by atoms with Gasteiger partial charge in [0.25, 0.3) is 0 Å². The van der Waals surface area contributed by atoms with Crippen LogP contribution in [0.4, 0.5) is 36.8 Å². The van der Waals surface area contributed by atoms with Gasteiger partial charge in [-0.25, -0.2) is 4.79 Å². The average molecular weight is 488 g/mol. The lowest BCUT2D eigenvalue weighted by molar-refractivity contribution is -0.265. The number of hydrogen-bond donors (Lipinski definition) is 3. The van der Waals surface area contributed by atoms with Crippen molar-refractivity contribution in [1.82, 2.24) is 10.3 Å². The fourth-order valence-corrected chi connectivity index (χ4v) is 3.79. The van der Waals surface area contributed by atoms with E-state index in [0.717, 1.165) is 18.2 Å². The topological polar surface area (TPSA) is 74.2 Å². The van der Waals surface area contributed by atoms with Crippen molar-refractivity contribution < 1.29 is 36.2 Å². The quantitative estimate of drug-likeness (QED) is 0.505. The van der Waals surface area contributed by atoms with Gasteiger partial charge in [0, 0.05) is 6.20 Å². The van der Waals surface area contributed by atoms with Crippen molar-refractivity contribution in [3.63, 3.8) is 0 Å². The molecule has 31 heavy (non-hydrogen) atoms. The summed E-state index contributed by atoms with van der Waals surface area (Å²) >= 11 is 12.1. The Balaban J connectivity index is 1.73. The number of halogens is 8. The zero-order chi connectivity index (χ0) is 23.2. The number of amides is 2. The smallest absolute Gasteiger partial charge is 0.376 e. The fraction of sp³-hybridized carbons (Fsp3) is 0.333. The highest BCUT2D eigenvalue weighted by Gasteiger charge is 2.58. The molecule has 1 aliphatic carbocycles. The fourth-order valence-electron chi connectivity index (χ4n) is 3.15. The van der Waals surface area contributed by atoms with Crippen molar-refractivity contribution >= 4 is 34.9 Å². The van der Waals surface area contributed by atoms with Crippen molar-refractivity contribution in [3.05, 3.63) is 56.8 Å². The molecule has 1 heterocycles. The Morgan fingerprint density at radius 3 is 2.42 bits per heavy atom. The Bertz CT molecular complexity index is 1010. The first-order chi connectivity index (χ1) is 14.2. The molecule has 0 spiro atoms. The molecule has 3 rings (SSSR count). The van der Waals surface area contributed by atoms with E-state index in [-0.39, 0.29) is 40.0 Å². The van der Waals surface area contributed by atoms with Crippen LogP contribution in [-0.2, 0) is 24.7 Å². The van der Waals surface area contributed by atoms with Gasteiger partial charge in [-0.3, -0.25) is 4.98 Å². The maximum atomic E-state index is 13.3. The van der Waals surface area contributed by atoms with Crippen LogP contribution in [0.3, 0.4) is 0 Å². The summed E-state index contributed by atoms with van der Waals surface area (Å²) in [6, 6.07) is 1.92. The number of anilines is 1. The van der Waals surface area contributed by atoms with Gasteiger partial charge in [0.2, 0.25) is 0 Å². The van der Waals surface area contributed by atoms with Gasteiger partial charge >= 0.3 is 18.4 Å². The van der Waals surface area contributed by atoms with Crippen molar-refractivity contribution in [3.8, 4) is 0 Å². The van der Waals surface area contributed by atoms with Gasteiger partial charge in [0.1, 0.15) is 0 Å². The van der Waals surface area contributed by atoms with Gasteiger partial charge in [0.15, 0.2) is 5.60 Å². The number of urea groups is 1. The van der Waals surface area contributed by atoms with Gasteiger partial charge in [-0.15, -0.1) is 0 Å². The highest BCUT2D eigenvalue weighted by Crippen LogP contribution is 2.52. The van der Waals surface area contributed by atoms with Gasteiger partial charge in [0.05, 0.1) is 33.5 Å². The van der Waals surface area contributed by atoms with Gasteiger partial charge in [-0.2, -0.15) is 26.3 Å². The maximum Gasteiger partial charge on any atom is 0.421 e. The molecule has 0 aliphatic heterocycles. The monoisotopic (exact) mass is 487 g/mol. The van der Waals surface area contributed by atoms with Crippen LogP contribution in [0.25, 0.3) is 0 Å². The van der Waals surface area contributed by atoms with E-state index in [1.165, 1.54) is 0 Å². The van der Waals surface area contributed by atoms with Crippen LogP contribution < -0.4 is 10.6 Å². The molecule has 0 fully saturated rings. The number of pyridine rings is 1. The first-order valence-corrected chi connectivity index (χ1v) is 9.37. The molecule has 0 saturated heterocycles. The minimum Gasteiger partial charge on any atom is -0.376 e. The normalized spacial score (nSPS) is 18.6. The zero-order valence-electron chi connectivity index (χ0n) is 15.3. The molecule has 13 heteroatoms. The lowest BCUT2D eigenvalue weighted by atomic mass is 9.95. The van der Waals surface area contributed by atoms with Crippen molar-refractivity contribution in [2.75, 3.05) is 5.32 Å². The number of aromatic nitrogens is 1. The lowest BCUT2D eigenvalue weighted by Gasteiger charge is -2.27. The zero-order valence-corrected chi connectivity index (χ0v) is 16.8. The first kappa shape index (κ1) is 23.4. The Morgan fingerprint density at radius 1 is 1.19 bits per heavy atom. The van der Waals surface area contributed by atoms with Crippen LogP contribution in [0, 0.1) is 0 Å². The van der Waals surface area contributed by atoms with Crippen LogP contribution in [-0.4, -0.2) is 22.3 Å². The highest BCUT2D eigenvalue weighted by molar-refractivity contribution is 6.40. The van der Waals surface area contributed by atoms with E-state index >= 15 is 0 Å². The number of alkyl halides is 6. The third-order valence-corrected chi connectivity index (χ3v) is 5.51. The summed E-state index contributed by atoms with van der Waals surface area (Å²) in [5, 5.41) is 14.1. The third kappa shape index (κ3) is 4.53. The molecule has 5 nitrogen and oxygen atoms in total. The van der Waals surface area contributed by atoms with Crippen molar-refractivity contribution in [1.29, 1.82) is 0 Å². The predicted octanol–water partition coefficient (Wildman–Crippen LogP) is 5.43. The highest BCUT2D eigenvalue weighted by atomic mass is 35.5. The lowest BCUT2D eigenvalue weighted by Crippen LogP contribution is -2.40. The van der Waals surface area contributed by atoms with Gasteiger partial charge in [-0.05, 0) is 42.2 Å². The molecule has 0 bridgehead atoms. The summed E-state index contributed by atoms with van der Waals surface area (Å²) in [4.78, 5) is 15.7. The summed E-state index contributed by atoms with van der Waals surface area (Å²) in [6.45, 7) is -0.238. The van der Waals surface area contributed by atoms with E-state index in [4.69, 9.17) is 23.2 Å². The number of aliphatic hydroxyl groups is 1. The molecule has 1 unspecified atom stereocenters.